The predicted molar refractivity (Wildman–Crippen MR) is 95.1 cm³/mol. The number of fused-ring (bicyclic) bond motifs is 1. The Morgan fingerprint density at radius 1 is 1.35 bits per heavy atom. The molecule has 8 nitrogen and oxygen atoms in total. The van der Waals surface area contributed by atoms with E-state index in [1.165, 1.54) is 0 Å². The van der Waals surface area contributed by atoms with Crippen molar-refractivity contribution in [2.75, 3.05) is 17.2 Å². The van der Waals surface area contributed by atoms with Gasteiger partial charge in [0.2, 0.25) is 17.6 Å². The van der Waals surface area contributed by atoms with E-state index < -0.39 is 0 Å². The molecule has 3 heterocycles. The standard InChI is InChI=1S/C17H14N4O4S/c22-14(3-4-16-20-17(21-25-16)10-5-6-26-9-10)18-11-1-2-13-12(7-11)19-15(23)8-24-13/h1-2,5-7,9H,3-4,8H2,(H,18,22)(H,19,23). The molecule has 2 aromatic heterocycles. The Labute approximate surface area is 152 Å². The van der Waals surface area contributed by atoms with E-state index in [0.29, 0.717) is 35.3 Å². The molecular weight excluding hydrogens is 356 g/mol. The van der Waals surface area contributed by atoms with Crippen LogP contribution in [0.5, 0.6) is 5.75 Å². The number of aryl methyl sites for hydroxylation is 1. The van der Waals surface area contributed by atoms with Gasteiger partial charge in [0.05, 0.1) is 5.69 Å². The highest BCUT2D eigenvalue weighted by Crippen LogP contribution is 2.30. The minimum atomic E-state index is -0.223. The molecule has 0 atom stereocenters. The average molecular weight is 370 g/mol. The van der Waals surface area contributed by atoms with Gasteiger partial charge in [0.25, 0.3) is 5.91 Å². The second-order valence-electron chi connectivity index (χ2n) is 5.62. The lowest BCUT2D eigenvalue weighted by molar-refractivity contribution is -0.118. The van der Waals surface area contributed by atoms with E-state index in [0.717, 1.165) is 5.56 Å². The quantitative estimate of drug-likeness (QED) is 0.715. The van der Waals surface area contributed by atoms with Crippen molar-refractivity contribution in [2.45, 2.75) is 12.8 Å². The lowest BCUT2D eigenvalue weighted by Crippen LogP contribution is -2.25. The molecule has 132 valence electrons. The third-order valence-corrected chi connectivity index (χ3v) is 4.39. The molecular formula is C17H14N4O4S. The number of aromatic nitrogens is 2. The number of carbonyl (C=O) groups is 2. The van der Waals surface area contributed by atoms with Crippen LogP contribution in [0.3, 0.4) is 0 Å². The number of carbonyl (C=O) groups excluding carboxylic acids is 2. The first kappa shape index (κ1) is 16.3. The van der Waals surface area contributed by atoms with Crippen LogP contribution in [0.1, 0.15) is 12.3 Å². The van der Waals surface area contributed by atoms with Gasteiger partial charge >= 0.3 is 0 Å². The van der Waals surface area contributed by atoms with E-state index in [2.05, 4.69) is 20.8 Å². The maximum absolute atomic E-state index is 12.1. The molecule has 1 aliphatic rings. The topological polar surface area (TPSA) is 106 Å². The van der Waals surface area contributed by atoms with Gasteiger partial charge in [-0.3, -0.25) is 9.59 Å². The lowest BCUT2D eigenvalue weighted by Gasteiger charge is -2.18. The molecule has 0 saturated heterocycles. The van der Waals surface area contributed by atoms with Crippen LogP contribution in [0.4, 0.5) is 11.4 Å². The van der Waals surface area contributed by atoms with Crippen LogP contribution < -0.4 is 15.4 Å². The number of hydrogen-bond donors (Lipinski definition) is 2. The number of nitrogens with zero attached hydrogens (tertiary/aromatic N) is 2. The minimum absolute atomic E-state index is 0.00371. The molecule has 1 aromatic carbocycles. The van der Waals surface area contributed by atoms with Crippen molar-refractivity contribution in [2.24, 2.45) is 0 Å². The van der Waals surface area contributed by atoms with Gasteiger partial charge in [-0.1, -0.05) is 5.16 Å². The summed E-state index contributed by atoms with van der Waals surface area (Å²) >= 11 is 1.55. The number of ether oxygens (including phenoxy) is 1. The summed E-state index contributed by atoms with van der Waals surface area (Å²) in [6, 6.07) is 6.99. The molecule has 26 heavy (non-hydrogen) atoms. The zero-order chi connectivity index (χ0) is 17.9. The SMILES string of the molecule is O=C(CCc1nc(-c2ccsc2)no1)Nc1ccc2c(c1)NC(=O)CO2. The smallest absolute Gasteiger partial charge is 0.262 e. The lowest BCUT2D eigenvalue weighted by atomic mass is 10.2. The monoisotopic (exact) mass is 370 g/mol. The highest BCUT2D eigenvalue weighted by atomic mass is 32.1. The Hall–Kier alpha value is -3.20. The van der Waals surface area contributed by atoms with Crippen molar-refractivity contribution in [3.8, 4) is 17.1 Å². The second kappa shape index (κ2) is 6.96. The van der Waals surface area contributed by atoms with E-state index >= 15 is 0 Å². The Balaban J connectivity index is 1.34. The Bertz CT molecular complexity index is 952. The maximum Gasteiger partial charge on any atom is 0.262 e. The second-order valence-corrected chi connectivity index (χ2v) is 6.40. The first-order valence-corrected chi connectivity index (χ1v) is 8.83. The number of benzene rings is 1. The fraction of sp³-hybridized carbons (Fsp3) is 0.176. The fourth-order valence-corrected chi connectivity index (χ4v) is 3.10. The fourth-order valence-electron chi connectivity index (χ4n) is 2.47. The number of hydrogen-bond acceptors (Lipinski definition) is 7. The Kier molecular flexibility index (Phi) is 4.36. The molecule has 0 aliphatic carbocycles. The van der Waals surface area contributed by atoms with Crippen LogP contribution in [0.25, 0.3) is 11.4 Å². The summed E-state index contributed by atoms with van der Waals surface area (Å²) in [6.07, 6.45) is 0.541. The first-order chi connectivity index (χ1) is 12.7. The van der Waals surface area contributed by atoms with Crippen LogP contribution in [-0.2, 0) is 16.0 Å². The van der Waals surface area contributed by atoms with E-state index in [-0.39, 0.29) is 24.8 Å². The Morgan fingerprint density at radius 3 is 3.12 bits per heavy atom. The van der Waals surface area contributed by atoms with Crippen LogP contribution in [0, 0.1) is 0 Å². The summed E-state index contributed by atoms with van der Waals surface area (Å²) in [5, 5.41) is 13.3. The van der Waals surface area contributed by atoms with Crippen molar-refractivity contribution in [1.29, 1.82) is 0 Å². The van der Waals surface area contributed by atoms with Gasteiger partial charge in [0, 0.05) is 29.5 Å². The minimum Gasteiger partial charge on any atom is -0.482 e. The zero-order valence-corrected chi connectivity index (χ0v) is 14.3. The first-order valence-electron chi connectivity index (χ1n) is 7.89. The molecule has 2 amide bonds. The summed E-state index contributed by atoms with van der Waals surface area (Å²) in [4.78, 5) is 27.8. The number of amides is 2. The number of thiophene rings is 1. The van der Waals surface area contributed by atoms with Crippen LogP contribution in [-0.4, -0.2) is 28.6 Å². The van der Waals surface area contributed by atoms with Gasteiger partial charge in [0.1, 0.15) is 5.75 Å². The van der Waals surface area contributed by atoms with Gasteiger partial charge in [-0.2, -0.15) is 16.3 Å². The summed E-state index contributed by atoms with van der Waals surface area (Å²) in [5.74, 6) is 1.09. The highest BCUT2D eigenvalue weighted by molar-refractivity contribution is 7.08. The number of nitrogens with one attached hydrogen (secondary N) is 2. The van der Waals surface area contributed by atoms with E-state index in [9.17, 15) is 9.59 Å². The van der Waals surface area contributed by atoms with E-state index in [1.54, 1.807) is 29.5 Å². The summed E-state index contributed by atoms with van der Waals surface area (Å²) in [5.41, 5.74) is 2.01. The van der Waals surface area contributed by atoms with Crippen LogP contribution in [0.2, 0.25) is 0 Å². The molecule has 0 saturated carbocycles. The molecule has 0 unspecified atom stereocenters. The van der Waals surface area contributed by atoms with Gasteiger partial charge in [0.15, 0.2) is 6.61 Å². The third-order valence-electron chi connectivity index (χ3n) is 3.71. The van der Waals surface area contributed by atoms with Crippen LogP contribution >= 0.6 is 11.3 Å². The van der Waals surface area contributed by atoms with Gasteiger partial charge < -0.3 is 19.9 Å². The van der Waals surface area contributed by atoms with Crippen molar-refractivity contribution in [3.63, 3.8) is 0 Å². The van der Waals surface area contributed by atoms with Gasteiger partial charge in [-0.15, -0.1) is 0 Å². The molecule has 1 aliphatic heterocycles. The molecule has 0 spiro atoms. The van der Waals surface area contributed by atoms with E-state index in [4.69, 9.17) is 9.26 Å². The van der Waals surface area contributed by atoms with Crippen molar-refractivity contribution in [1.82, 2.24) is 10.1 Å². The maximum atomic E-state index is 12.1. The highest BCUT2D eigenvalue weighted by Gasteiger charge is 2.17. The molecule has 0 bridgehead atoms. The summed E-state index contributed by atoms with van der Waals surface area (Å²) < 4.78 is 10.5. The Morgan fingerprint density at radius 2 is 2.27 bits per heavy atom. The molecule has 0 radical (unpaired) electrons. The summed E-state index contributed by atoms with van der Waals surface area (Å²) in [7, 11) is 0. The van der Waals surface area contributed by atoms with Gasteiger partial charge in [-0.25, -0.2) is 0 Å². The molecule has 0 fully saturated rings. The number of rotatable bonds is 5. The zero-order valence-electron chi connectivity index (χ0n) is 13.5. The summed E-state index contributed by atoms with van der Waals surface area (Å²) in [6.45, 7) is -0.00371. The third kappa shape index (κ3) is 3.57. The van der Waals surface area contributed by atoms with Crippen LogP contribution in [0.15, 0.2) is 39.5 Å². The molecule has 9 heteroatoms. The van der Waals surface area contributed by atoms with Crippen molar-refractivity contribution in [3.05, 3.63) is 40.9 Å². The molecule has 3 aromatic rings. The molecule has 4 rings (SSSR count). The normalized spacial score (nSPS) is 12.8. The van der Waals surface area contributed by atoms with Crippen molar-refractivity contribution < 1.29 is 18.8 Å². The van der Waals surface area contributed by atoms with Crippen molar-refractivity contribution >= 4 is 34.5 Å². The number of anilines is 2. The largest absolute Gasteiger partial charge is 0.482 e. The average Bonchev–Trinajstić information content (AvgIpc) is 3.31. The van der Waals surface area contributed by atoms with E-state index in [1.807, 2.05) is 16.8 Å². The molecule has 2 N–H and O–H groups in total. The van der Waals surface area contributed by atoms with Gasteiger partial charge in [-0.05, 0) is 29.6 Å². The predicted octanol–water partition coefficient (Wildman–Crippen LogP) is 2.70.